The molecule has 0 aliphatic carbocycles. The van der Waals surface area contributed by atoms with Crippen molar-refractivity contribution < 1.29 is 0 Å². The van der Waals surface area contributed by atoms with Crippen LogP contribution in [0.2, 0.25) is 0 Å². The molecule has 0 spiro atoms. The maximum absolute atomic E-state index is 3.64. The second kappa shape index (κ2) is 5.98. The molecule has 0 saturated carbocycles. The van der Waals surface area contributed by atoms with Crippen LogP contribution in [0.5, 0.6) is 0 Å². The quantitative estimate of drug-likeness (QED) is 0.886. The fraction of sp³-hybridized carbons (Fsp3) is 0.714. The average molecular weight is 252 g/mol. The first-order valence-corrected chi connectivity index (χ1v) is 7.57. The van der Waals surface area contributed by atoms with E-state index in [-0.39, 0.29) is 0 Å². The summed E-state index contributed by atoms with van der Waals surface area (Å²) in [4.78, 5) is 2.60. The van der Waals surface area contributed by atoms with E-state index in [1.807, 2.05) is 11.3 Å². The van der Waals surface area contributed by atoms with E-state index in [1.165, 1.54) is 30.6 Å². The summed E-state index contributed by atoms with van der Waals surface area (Å²) in [5, 5.41) is 8.19. The highest BCUT2D eigenvalue weighted by Gasteiger charge is 2.20. The Morgan fingerprint density at radius 2 is 2.29 bits per heavy atom. The highest BCUT2D eigenvalue weighted by atomic mass is 32.1. The highest BCUT2D eigenvalue weighted by molar-refractivity contribution is 7.08. The molecule has 1 aliphatic rings. The Bertz CT molecular complexity index is 346. The monoisotopic (exact) mass is 252 g/mol. The van der Waals surface area contributed by atoms with Crippen LogP contribution in [0, 0.1) is 12.8 Å². The maximum atomic E-state index is 3.64. The summed E-state index contributed by atoms with van der Waals surface area (Å²) in [6.45, 7) is 11.5. The van der Waals surface area contributed by atoms with Crippen molar-refractivity contribution in [2.75, 3.05) is 19.6 Å². The van der Waals surface area contributed by atoms with Crippen molar-refractivity contribution in [2.24, 2.45) is 5.92 Å². The third kappa shape index (κ3) is 3.80. The molecular formula is C14H24N2S. The summed E-state index contributed by atoms with van der Waals surface area (Å²) in [6, 6.07) is 0.683. The van der Waals surface area contributed by atoms with Crippen molar-refractivity contribution in [2.45, 2.75) is 39.8 Å². The van der Waals surface area contributed by atoms with Gasteiger partial charge in [0.15, 0.2) is 0 Å². The Kier molecular flexibility index (Phi) is 4.60. The normalized spacial score (nSPS) is 22.2. The van der Waals surface area contributed by atoms with E-state index in [1.54, 1.807) is 0 Å². The minimum absolute atomic E-state index is 0.683. The molecule has 2 rings (SSSR count). The Balaban J connectivity index is 1.87. The number of rotatable bonds is 4. The molecule has 1 aromatic heterocycles. The first-order chi connectivity index (χ1) is 8.15. The Morgan fingerprint density at radius 3 is 2.94 bits per heavy atom. The van der Waals surface area contributed by atoms with E-state index >= 15 is 0 Å². The van der Waals surface area contributed by atoms with Crippen molar-refractivity contribution in [1.29, 1.82) is 0 Å². The Labute approximate surface area is 109 Å². The van der Waals surface area contributed by atoms with E-state index < -0.39 is 0 Å². The third-order valence-electron chi connectivity index (χ3n) is 3.45. The zero-order valence-corrected chi connectivity index (χ0v) is 12.0. The first-order valence-electron chi connectivity index (χ1n) is 6.62. The predicted octanol–water partition coefficient (Wildman–Crippen LogP) is 2.88. The Morgan fingerprint density at radius 1 is 1.47 bits per heavy atom. The minimum atomic E-state index is 0.683. The van der Waals surface area contributed by atoms with Gasteiger partial charge in [0, 0.05) is 32.2 Å². The lowest BCUT2D eigenvalue weighted by Gasteiger charge is -2.34. The maximum Gasteiger partial charge on any atom is 0.0245 e. The van der Waals surface area contributed by atoms with E-state index in [0.29, 0.717) is 6.04 Å². The van der Waals surface area contributed by atoms with E-state index in [0.717, 1.165) is 19.0 Å². The van der Waals surface area contributed by atoms with Crippen LogP contribution >= 0.6 is 11.3 Å². The van der Waals surface area contributed by atoms with Gasteiger partial charge in [-0.3, -0.25) is 4.90 Å². The second-order valence-electron chi connectivity index (χ2n) is 5.60. The predicted molar refractivity (Wildman–Crippen MR) is 75.6 cm³/mol. The molecule has 1 fully saturated rings. The molecule has 1 saturated heterocycles. The third-order valence-corrected chi connectivity index (χ3v) is 4.36. The van der Waals surface area contributed by atoms with Gasteiger partial charge in [-0.25, -0.2) is 0 Å². The van der Waals surface area contributed by atoms with Crippen LogP contribution in [0.25, 0.3) is 0 Å². The number of thiophene rings is 1. The topological polar surface area (TPSA) is 15.3 Å². The number of aryl methyl sites for hydroxylation is 1. The molecule has 0 radical (unpaired) electrons. The SMILES string of the molecule is Cc1cscc1CN1CCNC(CC(C)C)C1. The Hall–Kier alpha value is -0.380. The first kappa shape index (κ1) is 13.1. The van der Waals surface area contributed by atoms with Crippen LogP contribution in [-0.2, 0) is 6.54 Å². The second-order valence-corrected chi connectivity index (χ2v) is 6.34. The zero-order chi connectivity index (χ0) is 12.3. The van der Waals surface area contributed by atoms with Gasteiger partial charge in [0.1, 0.15) is 0 Å². The molecule has 0 aromatic carbocycles. The van der Waals surface area contributed by atoms with E-state index in [2.05, 4.69) is 41.7 Å². The smallest absolute Gasteiger partial charge is 0.0245 e. The fourth-order valence-corrected chi connectivity index (χ4v) is 3.40. The van der Waals surface area contributed by atoms with Gasteiger partial charge in [0.2, 0.25) is 0 Å². The molecule has 96 valence electrons. The van der Waals surface area contributed by atoms with Gasteiger partial charge in [-0.05, 0) is 41.1 Å². The molecule has 2 heterocycles. The molecular weight excluding hydrogens is 228 g/mol. The van der Waals surface area contributed by atoms with Gasteiger partial charge in [0.05, 0.1) is 0 Å². The molecule has 0 amide bonds. The summed E-state index contributed by atoms with van der Waals surface area (Å²) < 4.78 is 0. The van der Waals surface area contributed by atoms with Crippen molar-refractivity contribution in [3.05, 3.63) is 21.9 Å². The van der Waals surface area contributed by atoms with Crippen LogP contribution in [0.15, 0.2) is 10.8 Å². The van der Waals surface area contributed by atoms with Crippen molar-refractivity contribution in [3.8, 4) is 0 Å². The molecule has 1 aromatic rings. The lowest BCUT2D eigenvalue weighted by molar-refractivity contribution is 0.179. The number of piperazine rings is 1. The van der Waals surface area contributed by atoms with Gasteiger partial charge >= 0.3 is 0 Å². The van der Waals surface area contributed by atoms with Crippen LogP contribution in [-0.4, -0.2) is 30.6 Å². The molecule has 0 bridgehead atoms. The van der Waals surface area contributed by atoms with Crippen molar-refractivity contribution in [1.82, 2.24) is 10.2 Å². The van der Waals surface area contributed by atoms with Gasteiger partial charge in [-0.15, -0.1) is 0 Å². The summed E-state index contributed by atoms with van der Waals surface area (Å²) in [7, 11) is 0. The van der Waals surface area contributed by atoms with Gasteiger partial charge in [-0.1, -0.05) is 13.8 Å². The van der Waals surface area contributed by atoms with Gasteiger partial charge in [0.25, 0.3) is 0 Å². The zero-order valence-electron chi connectivity index (χ0n) is 11.2. The standard InChI is InChI=1S/C14H24N2S/c1-11(2)6-14-8-16(5-4-15-14)7-13-10-17-9-12(13)3/h9-11,14-15H,4-8H2,1-3H3. The molecule has 3 heteroatoms. The minimum Gasteiger partial charge on any atom is -0.311 e. The molecule has 17 heavy (non-hydrogen) atoms. The number of hydrogen-bond acceptors (Lipinski definition) is 3. The van der Waals surface area contributed by atoms with Crippen LogP contribution in [0.4, 0.5) is 0 Å². The number of hydrogen-bond donors (Lipinski definition) is 1. The number of nitrogens with zero attached hydrogens (tertiary/aromatic N) is 1. The van der Waals surface area contributed by atoms with Crippen LogP contribution < -0.4 is 5.32 Å². The largest absolute Gasteiger partial charge is 0.311 e. The highest BCUT2D eigenvalue weighted by Crippen LogP contribution is 2.17. The van der Waals surface area contributed by atoms with Crippen molar-refractivity contribution in [3.63, 3.8) is 0 Å². The fourth-order valence-electron chi connectivity index (χ4n) is 2.55. The molecule has 2 nitrogen and oxygen atoms in total. The molecule has 1 unspecified atom stereocenters. The summed E-state index contributed by atoms with van der Waals surface area (Å²) in [5.41, 5.74) is 2.97. The lowest BCUT2D eigenvalue weighted by Crippen LogP contribution is -2.50. The van der Waals surface area contributed by atoms with Gasteiger partial charge in [-0.2, -0.15) is 11.3 Å². The van der Waals surface area contributed by atoms with Crippen LogP contribution in [0.3, 0.4) is 0 Å². The molecule has 1 atom stereocenters. The average Bonchev–Trinajstić information content (AvgIpc) is 2.64. The number of nitrogens with one attached hydrogen (secondary N) is 1. The molecule has 1 aliphatic heterocycles. The van der Waals surface area contributed by atoms with E-state index in [4.69, 9.17) is 0 Å². The lowest BCUT2D eigenvalue weighted by atomic mass is 10.0. The van der Waals surface area contributed by atoms with Crippen LogP contribution in [0.1, 0.15) is 31.4 Å². The summed E-state index contributed by atoms with van der Waals surface area (Å²) >= 11 is 1.82. The van der Waals surface area contributed by atoms with Gasteiger partial charge < -0.3 is 5.32 Å². The molecule has 1 N–H and O–H groups in total. The van der Waals surface area contributed by atoms with E-state index in [9.17, 15) is 0 Å². The summed E-state index contributed by atoms with van der Waals surface area (Å²) in [6.07, 6.45) is 1.29. The summed E-state index contributed by atoms with van der Waals surface area (Å²) in [5.74, 6) is 0.787. The van der Waals surface area contributed by atoms with Crippen molar-refractivity contribution >= 4 is 11.3 Å².